The van der Waals surface area contributed by atoms with Gasteiger partial charge >= 0.3 is 6.09 Å². The van der Waals surface area contributed by atoms with Gasteiger partial charge in [0.15, 0.2) is 0 Å². The first kappa shape index (κ1) is 16.3. The molecule has 5 nitrogen and oxygen atoms in total. The van der Waals surface area contributed by atoms with E-state index in [9.17, 15) is 4.79 Å². The third kappa shape index (κ3) is 5.09. The fourth-order valence-corrected chi connectivity index (χ4v) is 1.83. The van der Waals surface area contributed by atoms with E-state index < -0.39 is 11.7 Å². The summed E-state index contributed by atoms with van der Waals surface area (Å²) in [5.41, 5.74) is 7.69. The number of carbonyl (C=O) groups is 1. The summed E-state index contributed by atoms with van der Waals surface area (Å²) >= 11 is 0. The smallest absolute Gasteiger partial charge is 0.407 e. The van der Waals surface area contributed by atoms with Gasteiger partial charge in [-0.15, -0.1) is 0 Å². The van der Waals surface area contributed by atoms with Crippen molar-refractivity contribution in [2.45, 2.75) is 32.4 Å². The van der Waals surface area contributed by atoms with Crippen LogP contribution in [0.1, 0.15) is 32.4 Å². The molecule has 1 aromatic carbocycles. The molecule has 0 saturated heterocycles. The van der Waals surface area contributed by atoms with Gasteiger partial charge in [-0.3, -0.25) is 0 Å². The van der Waals surface area contributed by atoms with Crippen LogP contribution >= 0.6 is 0 Å². The van der Waals surface area contributed by atoms with Crippen molar-refractivity contribution >= 4 is 11.8 Å². The van der Waals surface area contributed by atoms with E-state index >= 15 is 0 Å². The SMILES string of the molecule is CN(C)c1ccccc1C(N)CNC(=O)OC(C)(C)C. The fourth-order valence-electron chi connectivity index (χ4n) is 1.83. The number of para-hydroxylation sites is 1. The monoisotopic (exact) mass is 279 g/mol. The van der Waals surface area contributed by atoms with E-state index in [1.165, 1.54) is 0 Å². The molecule has 0 saturated carbocycles. The number of rotatable bonds is 4. The highest BCUT2D eigenvalue weighted by atomic mass is 16.6. The van der Waals surface area contributed by atoms with Crippen molar-refractivity contribution < 1.29 is 9.53 Å². The number of amides is 1. The van der Waals surface area contributed by atoms with Gasteiger partial charge in [0.2, 0.25) is 0 Å². The first-order valence-electron chi connectivity index (χ1n) is 6.69. The van der Waals surface area contributed by atoms with Gasteiger partial charge in [0.25, 0.3) is 0 Å². The van der Waals surface area contributed by atoms with Crippen molar-refractivity contribution in [3.63, 3.8) is 0 Å². The molecule has 0 aliphatic rings. The van der Waals surface area contributed by atoms with Gasteiger partial charge in [-0.1, -0.05) is 18.2 Å². The second-order valence-corrected chi connectivity index (χ2v) is 5.94. The van der Waals surface area contributed by atoms with Crippen molar-refractivity contribution in [3.05, 3.63) is 29.8 Å². The van der Waals surface area contributed by atoms with Crippen molar-refractivity contribution in [2.75, 3.05) is 25.5 Å². The Morgan fingerprint density at radius 2 is 1.95 bits per heavy atom. The molecule has 0 radical (unpaired) electrons. The van der Waals surface area contributed by atoms with E-state index in [0.29, 0.717) is 6.54 Å². The van der Waals surface area contributed by atoms with Crippen LogP contribution in [-0.4, -0.2) is 32.3 Å². The highest BCUT2D eigenvalue weighted by Gasteiger charge is 2.18. The van der Waals surface area contributed by atoms with Crippen LogP contribution < -0.4 is 16.0 Å². The maximum absolute atomic E-state index is 11.6. The highest BCUT2D eigenvalue weighted by molar-refractivity contribution is 5.67. The second kappa shape index (κ2) is 6.61. The molecule has 112 valence electrons. The Labute approximate surface area is 121 Å². The molecule has 20 heavy (non-hydrogen) atoms. The lowest BCUT2D eigenvalue weighted by Gasteiger charge is -2.23. The topological polar surface area (TPSA) is 67.6 Å². The van der Waals surface area contributed by atoms with Gasteiger partial charge in [0.1, 0.15) is 5.60 Å². The number of nitrogens with two attached hydrogens (primary N) is 1. The predicted molar refractivity (Wildman–Crippen MR) is 81.9 cm³/mol. The van der Waals surface area contributed by atoms with E-state index in [0.717, 1.165) is 11.3 Å². The Morgan fingerprint density at radius 3 is 2.50 bits per heavy atom. The number of alkyl carbamates (subject to hydrolysis) is 1. The number of nitrogens with zero attached hydrogens (tertiary/aromatic N) is 1. The van der Waals surface area contributed by atoms with Crippen LogP contribution in [0.15, 0.2) is 24.3 Å². The van der Waals surface area contributed by atoms with Gasteiger partial charge in [-0.05, 0) is 32.4 Å². The standard InChI is InChI=1S/C15H25N3O2/c1-15(2,3)20-14(19)17-10-12(16)11-8-6-7-9-13(11)18(4)5/h6-9,12H,10,16H2,1-5H3,(H,17,19). The highest BCUT2D eigenvalue weighted by Crippen LogP contribution is 2.23. The Bertz CT molecular complexity index is 453. The molecule has 0 aromatic heterocycles. The zero-order valence-electron chi connectivity index (χ0n) is 12.9. The zero-order valence-corrected chi connectivity index (χ0v) is 12.9. The predicted octanol–water partition coefficient (Wildman–Crippen LogP) is 2.28. The molecule has 1 rings (SSSR count). The number of anilines is 1. The van der Waals surface area contributed by atoms with E-state index in [-0.39, 0.29) is 6.04 Å². The van der Waals surface area contributed by atoms with Crippen molar-refractivity contribution in [1.82, 2.24) is 5.32 Å². The minimum atomic E-state index is -0.504. The Balaban J connectivity index is 2.64. The molecule has 1 amide bonds. The summed E-state index contributed by atoms with van der Waals surface area (Å²) in [4.78, 5) is 13.6. The summed E-state index contributed by atoms with van der Waals surface area (Å²) in [6, 6.07) is 7.60. The molecule has 1 aromatic rings. The third-order valence-electron chi connectivity index (χ3n) is 2.68. The van der Waals surface area contributed by atoms with Crippen LogP contribution in [0.2, 0.25) is 0 Å². The first-order chi connectivity index (χ1) is 9.20. The van der Waals surface area contributed by atoms with Crippen LogP contribution in [0.4, 0.5) is 10.5 Å². The van der Waals surface area contributed by atoms with Gasteiger partial charge in [0, 0.05) is 32.4 Å². The number of carbonyl (C=O) groups excluding carboxylic acids is 1. The number of hydrogen-bond donors (Lipinski definition) is 2. The maximum atomic E-state index is 11.6. The lowest BCUT2D eigenvalue weighted by molar-refractivity contribution is 0.0524. The Morgan fingerprint density at radius 1 is 1.35 bits per heavy atom. The third-order valence-corrected chi connectivity index (χ3v) is 2.68. The van der Waals surface area contributed by atoms with Gasteiger partial charge in [0.05, 0.1) is 0 Å². The molecule has 0 bridgehead atoms. The largest absolute Gasteiger partial charge is 0.444 e. The van der Waals surface area contributed by atoms with Crippen molar-refractivity contribution in [3.8, 4) is 0 Å². The minimum absolute atomic E-state index is 0.277. The van der Waals surface area contributed by atoms with Gasteiger partial charge in [-0.25, -0.2) is 4.79 Å². The van der Waals surface area contributed by atoms with Crippen LogP contribution in [0.25, 0.3) is 0 Å². The molecule has 0 fully saturated rings. The van der Waals surface area contributed by atoms with Crippen LogP contribution in [0, 0.1) is 0 Å². The van der Waals surface area contributed by atoms with Crippen molar-refractivity contribution in [2.24, 2.45) is 5.73 Å². The molecule has 0 spiro atoms. The van der Waals surface area contributed by atoms with Gasteiger partial charge < -0.3 is 20.7 Å². The van der Waals surface area contributed by atoms with Crippen LogP contribution in [0.3, 0.4) is 0 Å². The summed E-state index contributed by atoms with van der Waals surface area (Å²) in [6.45, 7) is 5.81. The molecule has 0 aliphatic heterocycles. The average molecular weight is 279 g/mol. The van der Waals surface area contributed by atoms with Gasteiger partial charge in [-0.2, -0.15) is 0 Å². The number of hydrogen-bond acceptors (Lipinski definition) is 4. The first-order valence-corrected chi connectivity index (χ1v) is 6.69. The fraction of sp³-hybridized carbons (Fsp3) is 0.533. The normalized spacial score (nSPS) is 12.7. The van der Waals surface area contributed by atoms with E-state index in [2.05, 4.69) is 5.32 Å². The average Bonchev–Trinajstić information content (AvgIpc) is 2.33. The lowest BCUT2D eigenvalue weighted by atomic mass is 10.0. The maximum Gasteiger partial charge on any atom is 0.407 e. The molecular weight excluding hydrogens is 254 g/mol. The molecule has 0 heterocycles. The minimum Gasteiger partial charge on any atom is -0.444 e. The number of nitrogens with one attached hydrogen (secondary N) is 1. The Kier molecular flexibility index (Phi) is 5.39. The van der Waals surface area contributed by atoms with Crippen LogP contribution in [-0.2, 0) is 4.74 Å². The molecule has 5 heteroatoms. The zero-order chi connectivity index (χ0) is 15.3. The summed E-state index contributed by atoms with van der Waals surface area (Å²) in [5.74, 6) is 0. The van der Waals surface area contributed by atoms with E-state index in [1.54, 1.807) is 0 Å². The lowest BCUT2D eigenvalue weighted by Crippen LogP contribution is -2.36. The number of benzene rings is 1. The van der Waals surface area contributed by atoms with Crippen LogP contribution in [0.5, 0.6) is 0 Å². The molecular formula is C15H25N3O2. The quantitative estimate of drug-likeness (QED) is 0.887. The molecule has 3 N–H and O–H groups in total. The molecule has 0 aliphatic carbocycles. The van der Waals surface area contributed by atoms with Crippen molar-refractivity contribution in [1.29, 1.82) is 0 Å². The second-order valence-electron chi connectivity index (χ2n) is 5.94. The summed E-state index contributed by atoms with van der Waals surface area (Å²) in [6.07, 6.45) is -0.449. The summed E-state index contributed by atoms with van der Waals surface area (Å²) < 4.78 is 5.19. The number of ether oxygens (including phenoxy) is 1. The van der Waals surface area contributed by atoms with E-state index in [1.807, 2.05) is 64.0 Å². The summed E-state index contributed by atoms with van der Waals surface area (Å²) in [7, 11) is 3.93. The molecule has 1 unspecified atom stereocenters. The van der Waals surface area contributed by atoms with E-state index in [4.69, 9.17) is 10.5 Å². The Hall–Kier alpha value is -1.75. The molecule has 1 atom stereocenters. The summed E-state index contributed by atoms with van der Waals surface area (Å²) in [5, 5.41) is 2.70.